The molecule has 1 N–H and O–H groups in total. The number of piperazine rings is 3. The monoisotopic (exact) mass is 304 g/mol. The predicted octanol–water partition coefficient (Wildman–Crippen LogP) is 0.846. The van der Waals surface area contributed by atoms with E-state index in [1.54, 1.807) is 7.11 Å². The largest absolute Gasteiger partial charge is 0.497 e. The number of fused-ring (bicyclic) bond motifs is 3. The summed E-state index contributed by atoms with van der Waals surface area (Å²) in [7, 11) is 1.66. The van der Waals surface area contributed by atoms with Crippen molar-refractivity contribution in [3.63, 3.8) is 0 Å². The average Bonchev–Trinajstić information content (AvgIpc) is 2.61. The van der Waals surface area contributed by atoms with E-state index in [9.17, 15) is 4.79 Å². The standard InChI is InChI=1S/C17H25N3O2/c1-14(20-10-7-19(8-11-20)9-12-20)17(21)18-13-15-3-5-16(22-2)6-4-15/h3-6,14H,7-13H2,1-2H3/p+1/t14-/m0/s1. The number of amides is 1. The Balaban J connectivity index is 1.56. The van der Waals surface area contributed by atoms with Gasteiger partial charge in [0.05, 0.1) is 26.7 Å². The van der Waals surface area contributed by atoms with Crippen molar-refractivity contribution in [3.8, 4) is 5.75 Å². The average molecular weight is 304 g/mol. The highest BCUT2D eigenvalue weighted by Gasteiger charge is 2.44. The molecule has 0 aromatic heterocycles. The minimum atomic E-state index is 0.0423. The number of rotatable bonds is 5. The zero-order chi connectivity index (χ0) is 15.6. The maximum absolute atomic E-state index is 12.6. The highest BCUT2D eigenvalue weighted by molar-refractivity contribution is 5.80. The van der Waals surface area contributed by atoms with Gasteiger partial charge in [-0.2, -0.15) is 0 Å². The Morgan fingerprint density at radius 3 is 2.36 bits per heavy atom. The van der Waals surface area contributed by atoms with Crippen LogP contribution in [0.1, 0.15) is 12.5 Å². The van der Waals surface area contributed by atoms with Crippen molar-refractivity contribution in [2.75, 3.05) is 46.4 Å². The van der Waals surface area contributed by atoms with E-state index < -0.39 is 0 Å². The molecule has 3 saturated heterocycles. The topological polar surface area (TPSA) is 41.6 Å². The zero-order valence-corrected chi connectivity index (χ0v) is 13.5. The van der Waals surface area contributed by atoms with Gasteiger partial charge in [0.2, 0.25) is 0 Å². The number of nitrogens with zero attached hydrogens (tertiary/aromatic N) is 2. The lowest BCUT2D eigenvalue weighted by Crippen LogP contribution is -2.72. The van der Waals surface area contributed by atoms with E-state index in [0.29, 0.717) is 6.54 Å². The summed E-state index contributed by atoms with van der Waals surface area (Å²) in [5, 5.41) is 3.10. The summed E-state index contributed by atoms with van der Waals surface area (Å²) in [4.78, 5) is 15.1. The van der Waals surface area contributed by atoms with Gasteiger partial charge in [0.15, 0.2) is 6.04 Å². The summed E-state index contributed by atoms with van der Waals surface area (Å²) in [5.41, 5.74) is 1.10. The number of carbonyl (C=O) groups excluding carboxylic acids is 1. The van der Waals surface area contributed by atoms with E-state index in [4.69, 9.17) is 4.74 Å². The Labute approximate surface area is 132 Å². The van der Waals surface area contributed by atoms with Crippen LogP contribution >= 0.6 is 0 Å². The number of ether oxygens (including phenoxy) is 1. The molecule has 4 rings (SSSR count). The van der Waals surface area contributed by atoms with Crippen molar-refractivity contribution in [1.82, 2.24) is 10.2 Å². The van der Waals surface area contributed by atoms with Crippen LogP contribution in [0.2, 0.25) is 0 Å². The number of benzene rings is 1. The third kappa shape index (κ3) is 2.96. The molecule has 3 aliphatic heterocycles. The Morgan fingerprint density at radius 1 is 1.23 bits per heavy atom. The van der Waals surface area contributed by atoms with Crippen LogP contribution in [0.4, 0.5) is 0 Å². The molecule has 22 heavy (non-hydrogen) atoms. The lowest BCUT2D eigenvalue weighted by molar-refractivity contribution is -0.953. The zero-order valence-electron chi connectivity index (χ0n) is 13.5. The van der Waals surface area contributed by atoms with Crippen LogP contribution in [0.3, 0.4) is 0 Å². The van der Waals surface area contributed by atoms with Crippen LogP contribution in [0.5, 0.6) is 5.75 Å². The summed E-state index contributed by atoms with van der Waals surface area (Å²) < 4.78 is 6.11. The van der Waals surface area contributed by atoms with Crippen molar-refractivity contribution < 1.29 is 14.0 Å². The van der Waals surface area contributed by atoms with Crippen molar-refractivity contribution in [2.45, 2.75) is 19.5 Å². The van der Waals surface area contributed by atoms with Crippen LogP contribution < -0.4 is 10.1 Å². The lowest BCUT2D eigenvalue weighted by atomic mass is 10.1. The predicted molar refractivity (Wildman–Crippen MR) is 85.6 cm³/mol. The van der Waals surface area contributed by atoms with Crippen LogP contribution in [0, 0.1) is 0 Å². The van der Waals surface area contributed by atoms with Gasteiger partial charge in [0, 0.05) is 26.2 Å². The number of hydrogen-bond donors (Lipinski definition) is 1. The van der Waals surface area contributed by atoms with E-state index in [-0.39, 0.29) is 11.9 Å². The summed E-state index contributed by atoms with van der Waals surface area (Å²) in [6, 6.07) is 7.89. The van der Waals surface area contributed by atoms with Crippen molar-refractivity contribution in [3.05, 3.63) is 29.8 Å². The third-order valence-electron chi connectivity index (χ3n) is 5.41. The fourth-order valence-electron chi connectivity index (χ4n) is 3.60. The van der Waals surface area contributed by atoms with E-state index in [1.807, 2.05) is 24.3 Å². The van der Waals surface area contributed by atoms with Gasteiger partial charge in [-0.25, -0.2) is 0 Å². The number of hydrogen-bond acceptors (Lipinski definition) is 3. The minimum absolute atomic E-state index is 0.0423. The number of methoxy groups -OCH3 is 1. The minimum Gasteiger partial charge on any atom is -0.497 e. The Hall–Kier alpha value is -1.59. The van der Waals surface area contributed by atoms with Gasteiger partial charge in [0.1, 0.15) is 5.75 Å². The number of carbonyl (C=O) groups is 1. The molecule has 0 radical (unpaired) electrons. The van der Waals surface area contributed by atoms with Crippen LogP contribution in [0.25, 0.3) is 0 Å². The van der Waals surface area contributed by atoms with Gasteiger partial charge in [-0.05, 0) is 24.6 Å². The second-order valence-corrected chi connectivity index (χ2v) is 6.47. The van der Waals surface area contributed by atoms with Gasteiger partial charge in [-0.3, -0.25) is 9.69 Å². The number of quaternary nitrogens is 1. The normalized spacial score (nSPS) is 28.2. The first-order valence-corrected chi connectivity index (χ1v) is 8.12. The van der Waals surface area contributed by atoms with Gasteiger partial charge in [0.25, 0.3) is 5.91 Å². The second kappa shape index (κ2) is 6.26. The second-order valence-electron chi connectivity index (χ2n) is 6.47. The first-order valence-electron chi connectivity index (χ1n) is 8.12. The number of nitrogens with one attached hydrogen (secondary N) is 1. The molecule has 3 fully saturated rings. The summed E-state index contributed by atoms with van der Waals surface area (Å²) in [5.74, 6) is 1.01. The van der Waals surface area contributed by atoms with Gasteiger partial charge in [-0.1, -0.05) is 12.1 Å². The summed E-state index contributed by atoms with van der Waals surface area (Å²) >= 11 is 0. The highest BCUT2D eigenvalue weighted by atomic mass is 16.5. The summed E-state index contributed by atoms with van der Waals surface area (Å²) in [6.07, 6.45) is 0. The van der Waals surface area contributed by atoms with Gasteiger partial charge in [-0.15, -0.1) is 0 Å². The van der Waals surface area contributed by atoms with Crippen molar-refractivity contribution in [1.29, 1.82) is 0 Å². The first-order chi connectivity index (χ1) is 10.6. The highest BCUT2D eigenvalue weighted by Crippen LogP contribution is 2.23. The van der Waals surface area contributed by atoms with Crippen molar-refractivity contribution in [2.24, 2.45) is 0 Å². The lowest BCUT2D eigenvalue weighted by Gasteiger charge is -2.52. The molecule has 3 aliphatic rings. The molecule has 1 amide bonds. The van der Waals surface area contributed by atoms with Gasteiger partial charge < -0.3 is 14.5 Å². The molecule has 0 unspecified atom stereocenters. The molecule has 0 saturated carbocycles. The molecule has 2 bridgehead atoms. The molecule has 120 valence electrons. The SMILES string of the molecule is COc1ccc(CNC(=O)[C@H](C)[N+]23CCN(CC2)CC3)cc1. The molecule has 3 heterocycles. The van der Waals surface area contributed by atoms with E-state index >= 15 is 0 Å². The van der Waals surface area contributed by atoms with E-state index in [2.05, 4.69) is 17.1 Å². The maximum atomic E-state index is 12.6. The quantitative estimate of drug-likeness (QED) is 0.820. The maximum Gasteiger partial charge on any atom is 0.278 e. The Morgan fingerprint density at radius 2 is 1.82 bits per heavy atom. The fraction of sp³-hybridized carbons (Fsp3) is 0.588. The molecule has 0 aliphatic carbocycles. The first kappa shape index (κ1) is 15.3. The van der Waals surface area contributed by atoms with Crippen molar-refractivity contribution >= 4 is 5.91 Å². The molecular weight excluding hydrogens is 278 g/mol. The smallest absolute Gasteiger partial charge is 0.278 e. The van der Waals surface area contributed by atoms with Crippen LogP contribution in [0.15, 0.2) is 24.3 Å². The Bertz CT molecular complexity index is 507. The Kier molecular flexibility index (Phi) is 4.36. The fourth-order valence-corrected chi connectivity index (χ4v) is 3.60. The molecule has 1 aromatic rings. The molecule has 1 atom stereocenters. The molecule has 0 spiro atoms. The van der Waals surface area contributed by atoms with Crippen LogP contribution in [-0.4, -0.2) is 67.7 Å². The van der Waals surface area contributed by atoms with E-state index in [0.717, 1.165) is 55.1 Å². The molecular formula is C17H26N3O2+. The van der Waals surface area contributed by atoms with E-state index in [1.165, 1.54) is 0 Å². The van der Waals surface area contributed by atoms with Crippen LogP contribution in [-0.2, 0) is 11.3 Å². The molecule has 5 heteroatoms. The third-order valence-corrected chi connectivity index (χ3v) is 5.41. The van der Waals surface area contributed by atoms with Gasteiger partial charge >= 0.3 is 0 Å². The molecule has 1 aromatic carbocycles. The molecule has 5 nitrogen and oxygen atoms in total. The summed E-state index contributed by atoms with van der Waals surface area (Å²) in [6.45, 7) is 9.40.